The van der Waals surface area contributed by atoms with Crippen molar-refractivity contribution < 1.29 is 42.5 Å². The van der Waals surface area contributed by atoms with Crippen molar-refractivity contribution in [1.29, 1.82) is 0 Å². The molecule has 2 saturated heterocycles. The van der Waals surface area contributed by atoms with Crippen molar-refractivity contribution in [1.82, 2.24) is 0 Å². The van der Waals surface area contributed by atoms with E-state index < -0.39 is 28.5 Å². The number of allylic oxidation sites excluding steroid dienone is 1. The van der Waals surface area contributed by atoms with Crippen LogP contribution in [-0.2, 0) is 38.1 Å². The highest BCUT2D eigenvalue weighted by Gasteiger charge is 2.78. The predicted octanol–water partition coefficient (Wildman–Crippen LogP) is 5.37. The highest BCUT2D eigenvalue weighted by Crippen LogP contribution is 2.74. The molecule has 2 aliphatic heterocycles. The third kappa shape index (κ3) is 4.20. The quantitative estimate of drug-likeness (QED) is 0.232. The molecule has 2 saturated carbocycles. The van der Waals surface area contributed by atoms with Crippen molar-refractivity contribution in [3.05, 3.63) is 35.3 Å². The Labute approximate surface area is 254 Å². The first kappa shape index (κ1) is 30.4. The van der Waals surface area contributed by atoms with Gasteiger partial charge in [-0.25, -0.2) is 0 Å². The van der Waals surface area contributed by atoms with Gasteiger partial charge in [0.15, 0.2) is 0 Å². The van der Waals surface area contributed by atoms with E-state index in [2.05, 4.69) is 27.7 Å². The van der Waals surface area contributed by atoms with Crippen LogP contribution in [-0.4, -0.2) is 62.1 Å². The largest absolute Gasteiger partial charge is 0.472 e. The van der Waals surface area contributed by atoms with E-state index in [1.54, 1.807) is 12.5 Å². The van der Waals surface area contributed by atoms with Crippen molar-refractivity contribution in [2.24, 2.45) is 34.0 Å². The number of hydrogen-bond acceptors (Lipinski definition) is 9. The third-order valence-electron chi connectivity index (χ3n) is 12.3. The SMILES string of the molecule is CCC(C)C(=O)OC1CC(OC(C)=O)C2(C)COC3C4OC5CC(c6ccoc6)C(C)=C5C4(C)C(CC(=O)OC)C1(C)C32. The van der Waals surface area contributed by atoms with Crippen LogP contribution in [0.15, 0.2) is 34.2 Å². The fourth-order valence-corrected chi connectivity index (χ4v) is 10.1. The summed E-state index contributed by atoms with van der Waals surface area (Å²) in [5.41, 5.74) is 1.68. The van der Waals surface area contributed by atoms with Crippen LogP contribution in [0.2, 0.25) is 0 Å². The summed E-state index contributed by atoms with van der Waals surface area (Å²) in [5.74, 6) is -1.62. The zero-order chi connectivity index (χ0) is 31.1. The van der Waals surface area contributed by atoms with Crippen LogP contribution in [0, 0.1) is 34.0 Å². The van der Waals surface area contributed by atoms with Crippen molar-refractivity contribution in [2.75, 3.05) is 13.7 Å². The summed E-state index contributed by atoms with van der Waals surface area (Å²) in [6.45, 7) is 14.3. The van der Waals surface area contributed by atoms with E-state index in [0.29, 0.717) is 19.4 Å². The molecule has 12 atom stereocenters. The first-order valence-corrected chi connectivity index (χ1v) is 15.8. The lowest BCUT2D eigenvalue weighted by atomic mass is 9.40. The van der Waals surface area contributed by atoms with Crippen molar-refractivity contribution >= 4 is 17.9 Å². The van der Waals surface area contributed by atoms with E-state index in [0.717, 1.165) is 12.0 Å². The minimum absolute atomic E-state index is 0.137. The number of fused-ring (bicyclic) bond motifs is 4. The number of carbonyl (C=O) groups is 3. The van der Waals surface area contributed by atoms with E-state index in [9.17, 15) is 14.4 Å². The second kappa shape index (κ2) is 10.5. The van der Waals surface area contributed by atoms with Crippen LogP contribution in [0.1, 0.15) is 85.6 Å². The molecule has 5 aliphatic rings. The Morgan fingerprint density at radius 2 is 1.86 bits per heavy atom. The van der Waals surface area contributed by atoms with Gasteiger partial charge in [-0.15, -0.1) is 0 Å². The minimum atomic E-state index is -0.714. The molecular weight excluding hydrogens is 552 g/mol. The molecular formula is C34H46O9. The van der Waals surface area contributed by atoms with E-state index in [-0.39, 0.29) is 66.3 Å². The lowest BCUT2D eigenvalue weighted by Gasteiger charge is -2.65. The van der Waals surface area contributed by atoms with Crippen molar-refractivity contribution in [3.63, 3.8) is 0 Å². The van der Waals surface area contributed by atoms with Gasteiger partial charge in [-0.2, -0.15) is 0 Å². The lowest BCUT2D eigenvalue weighted by Crippen LogP contribution is -2.71. The highest BCUT2D eigenvalue weighted by atomic mass is 16.6. The van der Waals surface area contributed by atoms with Gasteiger partial charge in [0, 0.05) is 47.8 Å². The summed E-state index contributed by atoms with van der Waals surface area (Å²) < 4.78 is 36.9. The Hall–Kier alpha value is -2.65. The molecule has 0 bridgehead atoms. The Balaban J connectivity index is 1.54. The van der Waals surface area contributed by atoms with Gasteiger partial charge < -0.3 is 28.1 Å². The fourth-order valence-electron chi connectivity index (χ4n) is 10.1. The Bertz CT molecular complexity index is 1320. The number of furan rings is 1. The molecule has 3 aliphatic carbocycles. The first-order valence-electron chi connectivity index (χ1n) is 15.8. The molecule has 3 heterocycles. The fraction of sp³-hybridized carbons (Fsp3) is 0.735. The monoisotopic (exact) mass is 598 g/mol. The van der Waals surface area contributed by atoms with Crippen LogP contribution in [0.25, 0.3) is 0 Å². The molecule has 1 aromatic heterocycles. The second-order valence-electron chi connectivity index (χ2n) is 14.3. The number of esters is 3. The summed E-state index contributed by atoms with van der Waals surface area (Å²) >= 11 is 0. The molecule has 236 valence electrons. The number of ether oxygens (including phenoxy) is 5. The van der Waals surface area contributed by atoms with Gasteiger partial charge in [0.2, 0.25) is 0 Å². The number of methoxy groups -OCH3 is 1. The normalized spacial score (nSPS) is 43.4. The Morgan fingerprint density at radius 3 is 2.49 bits per heavy atom. The molecule has 9 nitrogen and oxygen atoms in total. The van der Waals surface area contributed by atoms with Gasteiger partial charge in [0.05, 0.1) is 50.5 Å². The minimum Gasteiger partial charge on any atom is -0.472 e. The number of hydrogen-bond donors (Lipinski definition) is 0. The molecule has 43 heavy (non-hydrogen) atoms. The highest BCUT2D eigenvalue weighted by molar-refractivity contribution is 5.73. The van der Waals surface area contributed by atoms with Crippen LogP contribution >= 0.6 is 0 Å². The molecule has 12 unspecified atom stereocenters. The van der Waals surface area contributed by atoms with E-state index in [4.69, 9.17) is 28.1 Å². The predicted molar refractivity (Wildman–Crippen MR) is 155 cm³/mol. The summed E-state index contributed by atoms with van der Waals surface area (Å²) in [5, 5.41) is 0. The van der Waals surface area contributed by atoms with Gasteiger partial charge >= 0.3 is 17.9 Å². The number of rotatable bonds is 7. The molecule has 0 spiro atoms. The van der Waals surface area contributed by atoms with Gasteiger partial charge in [-0.1, -0.05) is 40.2 Å². The summed E-state index contributed by atoms with van der Waals surface area (Å²) in [6, 6.07) is 2.01. The third-order valence-corrected chi connectivity index (χ3v) is 12.3. The zero-order valence-corrected chi connectivity index (χ0v) is 26.6. The maximum absolute atomic E-state index is 13.5. The van der Waals surface area contributed by atoms with Crippen LogP contribution in [0.4, 0.5) is 0 Å². The molecule has 4 fully saturated rings. The maximum atomic E-state index is 13.5. The standard InChI is InChI=1S/C34H46O9/c1-9-17(2)31(37)43-25-14-24(41-19(4)35)32(5)16-40-28-29(32)33(25,6)23(13-26(36)38-8)34(7)27-18(3)21(20-10-11-39-15-20)12-22(27)42-30(28)34/h10-11,15,17,21-25,28-30H,9,12-14,16H2,1-8H3. The van der Waals surface area contributed by atoms with E-state index in [1.165, 1.54) is 25.2 Å². The Kier molecular flexibility index (Phi) is 7.40. The second-order valence-corrected chi connectivity index (χ2v) is 14.3. The van der Waals surface area contributed by atoms with Crippen molar-refractivity contribution in [2.45, 2.75) is 111 Å². The van der Waals surface area contributed by atoms with Crippen molar-refractivity contribution in [3.8, 4) is 0 Å². The maximum Gasteiger partial charge on any atom is 0.308 e. The Morgan fingerprint density at radius 1 is 1.12 bits per heavy atom. The molecule has 0 amide bonds. The average molecular weight is 599 g/mol. The molecule has 1 aromatic rings. The van der Waals surface area contributed by atoms with Gasteiger partial charge in [0.1, 0.15) is 12.2 Å². The van der Waals surface area contributed by atoms with Gasteiger partial charge in [-0.05, 0) is 42.9 Å². The molecule has 0 N–H and O–H groups in total. The number of carbonyl (C=O) groups excluding carboxylic acids is 3. The zero-order valence-electron chi connectivity index (χ0n) is 26.6. The topological polar surface area (TPSA) is 111 Å². The van der Waals surface area contributed by atoms with Crippen LogP contribution < -0.4 is 0 Å². The first-order chi connectivity index (χ1) is 20.3. The molecule has 6 rings (SSSR count). The summed E-state index contributed by atoms with van der Waals surface area (Å²) in [7, 11) is 1.42. The van der Waals surface area contributed by atoms with E-state index in [1.807, 2.05) is 19.9 Å². The summed E-state index contributed by atoms with van der Waals surface area (Å²) in [4.78, 5) is 39.1. The average Bonchev–Trinajstić information content (AvgIpc) is 3.73. The van der Waals surface area contributed by atoms with Crippen LogP contribution in [0.5, 0.6) is 0 Å². The van der Waals surface area contributed by atoms with Gasteiger partial charge in [-0.3, -0.25) is 14.4 Å². The molecule has 0 radical (unpaired) electrons. The molecule has 9 heteroatoms. The van der Waals surface area contributed by atoms with Gasteiger partial charge in [0.25, 0.3) is 0 Å². The van der Waals surface area contributed by atoms with Crippen LogP contribution in [0.3, 0.4) is 0 Å². The molecule has 0 aromatic carbocycles. The smallest absolute Gasteiger partial charge is 0.308 e. The lowest BCUT2D eigenvalue weighted by molar-refractivity contribution is -0.253. The summed E-state index contributed by atoms with van der Waals surface area (Å²) in [6.07, 6.45) is 3.46. The van der Waals surface area contributed by atoms with E-state index >= 15 is 0 Å².